The Morgan fingerprint density at radius 3 is 2.32 bits per heavy atom. The summed E-state index contributed by atoms with van der Waals surface area (Å²) in [6.07, 6.45) is 1.60. The average Bonchev–Trinajstić information content (AvgIpc) is 3.23. The number of hydrogen-bond donors (Lipinski definition) is 2. The van der Waals surface area contributed by atoms with E-state index in [-0.39, 0.29) is 24.0 Å². The first-order chi connectivity index (χ1) is 13.6. The van der Waals surface area contributed by atoms with Crippen LogP contribution in [0.1, 0.15) is 16.1 Å². The van der Waals surface area contributed by atoms with Gasteiger partial charge in [-0.25, -0.2) is 0 Å². The van der Waals surface area contributed by atoms with Crippen molar-refractivity contribution in [2.75, 3.05) is 24.9 Å². The fourth-order valence-corrected chi connectivity index (χ4v) is 2.66. The van der Waals surface area contributed by atoms with Gasteiger partial charge in [-0.15, -0.1) is 0 Å². The first-order valence-corrected chi connectivity index (χ1v) is 8.54. The number of methoxy groups -OCH3 is 2. The molecule has 0 saturated heterocycles. The molecule has 0 aliphatic rings. The minimum Gasteiger partial charge on any atom is -0.493 e. The van der Waals surface area contributed by atoms with Gasteiger partial charge in [-0.1, -0.05) is 12.1 Å². The normalized spacial score (nSPS) is 10.2. The van der Waals surface area contributed by atoms with E-state index in [2.05, 4.69) is 10.6 Å². The van der Waals surface area contributed by atoms with Crippen LogP contribution in [0.15, 0.2) is 65.3 Å². The molecule has 7 nitrogen and oxygen atoms in total. The summed E-state index contributed by atoms with van der Waals surface area (Å²) < 4.78 is 15.5. The second-order valence-electron chi connectivity index (χ2n) is 5.93. The van der Waals surface area contributed by atoms with Gasteiger partial charge in [-0.3, -0.25) is 9.59 Å². The lowest BCUT2D eigenvalue weighted by molar-refractivity contribution is -0.115. The van der Waals surface area contributed by atoms with Gasteiger partial charge in [0.25, 0.3) is 5.91 Å². The first kappa shape index (κ1) is 19.0. The molecule has 1 heterocycles. The molecular formula is C21H20N2O5. The van der Waals surface area contributed by atoms with E-state index >= 15 is 0 Å². The summed E-state index contributed by atoms with van der Waals surface area (Å²) in [5.41, 5.74) is 1.91. The van der Waals surface area contributed by atoms with Gasteiger partial charge in [-0.2, -0.15) is 0 Å². The van der Waals surface area contributed by atoms with Gasteiger partial charge in [0.05, 0.1) is 26.9 Å². The standard InChI is InChI=1S/C21H20N2O5/c1-26-17-9-8-14(11-19(17)27-2)12-20(24)22-15-5-3-6-16(13-15)23-21(25)18-7-4-10-28-18/h3-11,13H,12H2,1-2H3,(H,22,24)(H,23,25). The number of nitrogens with one attached hydrogen (secondary N) is 2. The highest BCUT2D eigenvalue weighted by Gasteiger charge is 2.11. The molecule has 2 amide bonds. The summed E-state index contributed by atoms with van der Waals surface area (Å²) in [6, 6.07) is 15.4. The lowest BCUT2D eigenvalue weighted by Gasteiger charge is -2.10. The molecule has 2 aromatic carbocycles. The molecular weight excluding hydrogens is 360 g/mol. The van der Waals surface area contributed by atoms with E-state index in [1.807, 2.05) is 0 Å². The highest BCUT2D eigenvalue weighted by molar-refractivity contribution is 6.02. The zero-order chi connectivity index (χ0) is 19.9. The highest BCUT2D eigenvalue weighted by atomic mass is 16.5. The molecule has 144 valence electrons. The minimum absolute atomic E-state index is 0.170. The van der Waals surface area contributed by atoms with Gasteiger partial charge < -0.3 is 24.5 Å². The Bertz CT molecular complexity index is 967. The number of hydrogen-bond acceptors (Lipinski definition) is 5. The number of benzene rings is 2. The zero-order valence-electron chi connectivity index (χ0n) is 15.5. The average molecular weight is 380 g/mol. The van der Waals surface area contributed by atoms with Crippen LogP contribution in [0.3, 0.4) is 0 Å². The number of ether oxygens (including phenoxy) is 2. The van der Waals surface area contributed by atoms with E-state index in [1.54, 1.807) is 68.8 Å². The molecule has 0 unspecified atom stereocenters. The van der Waals surface area contributed by atoms with Gasteiger partial charge in [0.15, 0.2) is 17.3 Å². The Morgan fingerprint density at radius 2 is 1.64 bits per heavy atom. The largest absolute Gasteiger partial charge is 0.493 e. The fraction of sp³-hybridized carbons (Fsp3) is 0.143. The number of furan rings is 1. The molecule has 7 heteroatoms. The third kappa shape index (κ3) is 4.70. The molecule has 0 spiro atoms. The Morgan fingerprint density at radius 1 is 0.893 bits per heavy atom. The molecule has 0 bridgehead atoms. The topological polar surface area (TPSA) is 89.8 Å². The second kappa shape index (κ2) is 8.77. The molecule has 3 rings (SSSR count). The molecule has 0 saturated carbocycles. The third-order valence-electron chi connectivity index (χ3n) is 3.96. The van der Waals surface area contributed by atoms with Crippen LogP contribution >= 0.6 is 0 Å². The lowest BCUT2D eigenvalue weighted by Crippen LogP contribution is -2.15. The van der Waals surface area contributed by atoms with Crippen LogP contribution in [0.25, 0.3) is 0 Å². The van der Waals surface area contributed by atoms with Crippen molar-refractivity contribution in [1.29, 1.82) is 0 Å². The maximum atomic E-state index is 12.4. The van der Waals surface area contributed by atoms with E-state index in [0.717, 1.165) is 5.56 Å². The molecule has 0 aliphatic carbocycles. The lowest BCUT2D eigenvalue weighted by atomic mass is 10.1. The van der Waals surface area contributed by atoms with Crippen LogP contribution in [-0.4, -0.2) is 26.0 Å². The minimum atomic E-state index is -0.362. The predicted octanol–water partition coefficient (Wildman–Crippen LogP) is 3.73. The predicted molar refractivity (Wildman–Crippen MR) is 105 cm³/mol. The summed E-state index contributed by atoms with van der Waals surface area (Å²) >= 11 is 0. The van der Waals surface area contributed by atoms with Crippen molar-refractivity contribution in [2.45, 2.75) is 6.42 Å². The first-order valence-electron chi connectivity index (χ1n) is 8.54. The fourth-order valence-electron chi connectivity index (χ4n) is 2.66. The van der Waals surface area contributed by atoms with Crippen molar-refractivity contribution < 1.29 is 23.5 Å². The van der Waals surface area contributed by atoms with Crippen molar-refractivity contribution in [1.82, 2.24) is 0 Å². The van der Waals surface area contributed by atoms with Crippen molar-refractivity contribution in [2.24, 2.45) is 0 Å². The Balaban J connectivity index is 1.63. The molecule has 28 heavy (non-hydrogen) atoms. The summed E-state index contributed by atoms with van der Waals surface area (Å²) in [4.78, 5) is 24.4. The van der Waals surface area contributed by atoms with E-state index in [4.69, 9.17) is 13.9 Å². The van der Waals surface area contributed by atoms with E-state index in [9.17, 15) is 9.59 Å². The van der Waals surface area contributed by atoms with Crippen molar-refractivity contribution in [3.05, 3.63) is 72.2 Å². The maximum Gasteiger partial charge on any atom is 0.291 e. The van der Waals surface area contributed by atoms with E-state index in [1.165, 1.54) is 6.26 Å². The molecule has 0 fully saturated rings. The number of anilines is 2. The summed E-state index contributed by atoms with van der Waals surface area (Å²) in [6.45, 7) is 0. The van der Waals surface area contributed by atoms with Gasteiger partial charge >= 0.3 is 0 Å². The van der Waals surface area contributed by atoms with E-state index < -0.39 is 0 Å². The van der Waals surface area contributed by atoms with Crippen molar-refractivity contribution in [3.63, 3.8) is 0 Å². The molecule has 0 aliphatic heterocycles. The number of rotatable bonds is 7. The number of amides is 2. The maximum absolute atomic E-state index is 12.4. The summed E-state index contributed by atoms with van der Waals surface area (Å²) in [7, 11) is 3.10. The van der Waals surface area contributed by atoms with Crippen LogP contribution in [0.4, 0.5) is 11.4 Å². The molecule has 3 aromatic rings. The number of carbonyl (C=O) groups is 2. The van der Waals surface area contributed by atoms with Crippen LogP contribution in [0, 0.1) is 0 Å². The zero-order valence-corrected chi connectivity index (χ0v) is 15.5. The quantitative estimate of drug-likeness (QED) is 0.652. The molecule has 0 atom stereocenters. The van der Waals surface area contributed by atoms with Crippen LogP contribution < -0.4 is 20.1 Å². The molecule has 1 aromatic heterocycles. The van der Waals surface area contributed by atoms with Gasteiger partial charge in [0.1, 0.15) is 0 Å². The van der Waals surface area contributed by atoms with Crippen LogP contribution in [0.5, 0.6) is 11.5 Å². The van der Waals surface area contributed by atoms with Crippen molar-refractivity contribution in [3.8, 4) is 11.5 Å². The Kier molecular flexibility index (Phi) is 5.96. The summed E-state index contributed by atoms with van der Waals surface area (Å²) in [5.74, 6) is 0.825. The monoisotopic (exact) mass is 380 g/mol. The second-order valence-corrected chi connectivity index (χ2v) is 5.93. The van der Waals surface area contributed by atoms with Gasteiger partial charge in [0, 0.05) is 11.4 Å². The third-order valence-corrected chi connectivity index (χ3v) is 3.96. The molecule has 0 radical (unpaired) electrons. The highest BCUT2D eigenvalue weighted by Crippen LogP contribution is 2.27. The smallest absolute Gasteiger partial charge is 0.291 e. The van der Waals surface area contributed by atoms with Crippen LogP contribution in [0.2, 0.25) is 0 Å². The summed E-state index contributed by atoms with van der Waals surface area (Å²) in [5, 5.41) is 5.54. The molecule has 2 N–H and O–H groups in total. The van der Waals surface area contributed by atoms with Gasteiger partial charge in [0.2, 0.25) is 5.91 Å². The number of carbonyl (C=O) groups excluding carboxylic acids is 2. The van der Waals surface area contributed by atoms with Crippen molar-refractivity contribution >= 4 is 23.2 Å². The Labute approximate surface area is 162 Å². The van der Waals surface area contributed by atoms with Gasteiger partial charge in [-0.05, 0) is 48.0 Å². The Hall–Kier alpha value is -3.74. The van der Waals surface area contributed by atoms with Crippen LogP contribution in [-0.2, 0) is 11.2 Å². The SMILES string of the molecule is COc1ccc(CC(=O)Nc2cccc(NC(=O)c3ccco3)c2)cc1OC. The van der Waals surface area contributed by atoms with E-state index in [0.29, 0.717) is 22.9 Å².